The quantitative estimate of drug-likeness (QED) is 0.886. The minimum absolute atomic E-state index is 0.0916. The van der Waals surface area contributed by atoms with Gasteiger partial charge < -0.3 is 15.2 Å². The highest BCUT2D eigenvalue weighted by Gasteiger charge is 2.42. The molecule has 1 fully saturated rings. The van der Waals surface area contributed by atoms with Gasteiger partial charge in [-0.25, -0.2) is 0 Å². The molecule has 3 nitrogen and oxygen atoms in total. The lowest BCUT2D eigenvalue weighted by molar-refractivity contribution is 0.0488. The summed E-state index contributed by atoms with van der Waals surface area (Å²) in [5.41, 5.74) is 10.0. The van der Waals surface area contributed by atoms with Crippen LogP contribution in [0.25, 0.3) is 0 Å². The summed E-state index contributed by atoms with van der Waals surface area (Å²) in [7, 11) is 1.71. The maximum absolute atomic E-state index is 6.68. The highest BCUT2D eigenvalue weighted by atomic mass is 79.9. The topological polar surface area (TPSA) is 44.5 Å². The number of rotatable bonds is 3. The summed E-state index contributed by atoms with van der Waals surface area (Å²) in [6, 6.07) is 2.00. The van der Waals surface area contributed by atoms with E-state index in [0.29, 0.717) is 11.8 Å². The van der Waals surface area contributed by atoms with Gasteiger partial charge in [-0.15, -0.1) is 0 Å². The highest BCUT2D eigenvalue weighted by Crippen LogP contribution is 2.44. The molecule has 0 radical (unpaired) electrons. The largest absolute Gasteiger partial charge is 0.496 e. The van der Waals surface area contributed by atoms with Gasteiger partial charge in [-0.1, -0.05) is 22.9 Å². The number of benzene rings is 1. The molecule has 2 N–H and O–H groups in total. The number of hydrogen-bond acceptors (Lipinski definition) is 3. The van der Waals surface area contributed by atoms with Crippen LogP contribution in [0, 0.1) is 25.7 Å². The summed E-state index contributed by atoms with van der Waals surface area (Å²) >= 11 is 3.64. The van der Waals surface area contributed by atoms with Gasteiger partial charge in [-0.2, -0.15) is 0 Å². The Bertz CT molecular complexity index is 532. The van der Waals surface area contributed by atoms with Gasteiger partial charge in [0.1, 0.15) is 5.75 Å². The number of aryl methyl sites for hydroxylation is 1. The van der Waals surface area contributed by atoms with E-state index >= 15 is 0 Å². The van der Waals surface area contributed by atoms with Crippen LogP contribution in [-0.4, -0.2) is 19.3 Å². The first-order chi connectivity index (χ1) is 9.79. The lowest BCUT2D eigenvalue weighted by Gasteiger charge is -2.29. The molecule has 118 valence electrons. The summed E-state index contributed by atoms with van der Waals surface area (Å²) in [6.07, 6.45) is 0.406. The molecule has 5 atom stereocenters. The Kier molecular flexibility index (Phi) is 5.01. The van der Waals surface area contributed by atoms with Gasteiger partial charge in [-0.3, -0.25) is 0 Å². The van der Waals surface area contributed by atoms with E-state index in [1.54, 1.807) is 7.11 Å². The van der Waals surface area contributed by atoms with Crippen LogP contribution in [0.5, 0.6) is 5.75 Å². The minimum atomic E-state index is -0.0916. The monoisotopic (exact) mass is 355 g/mol. The van der Waals surface area contributed by atoms with Crippen molar-refractivity contribution in [3.63, 3.8) is 0 Å². The Balaban J connectivity index is 2.50. The van der Waals surface area contributed by atoms with Gasteiger partial charge in [-0.05, 0) is 50.8 Å². The van der Waals surface area contributed by atoms with Crippen LogP contribution in [0.1, 0.15) is 43.5 Å². The molecule has 5 unspecified atom stereocenters. The van der Waals surface area contributed by atoms with Crippen LogP contribution in [-0.2, 0) is 4.74 Å². The van der Waals surface area contributed by atoms with Crippen LogP contribution in [0.2, 0.25) is 0 Å². The van der Waals surface area contributed by atoms with Crippen molar-refractivity contribution in [2.75, 3.05) is 7.11 Å². The predicted molar refractivity (Wildman–Crippen MR) is 89.8 cm³/mol. The molecular weight excluding hydrogens is 330 g/mol. The maximum atomic E-state index is 6.68. The van der Waals surface area contributed by atoms with Gasteiger partial charge in [0.05, 0.1) is 19.3 Å². The lowest BCUT2D eigenvalue weighted by Crippen LogP contribution is -2.31. The van der Waals surface area contributed by atoms with Crippen molar-refractivity contribution >= 4 is 15.9 Å². The third kappa shape index (κ3) is 2.86. The van der Waals surface area contributed by atoms with Crippen molar-refractivity contribution in [1.29, 1.82) is 0 Å². The molecule has 21 heavy (non-hydrogen) atoms. The Labute approximate surface area is 136 Å². The molecule has 0 saturated carbocycles. The van der Waals surface area contributed by atoms with E-state index in [1.165, 1.54) is 0 Å². The summed E-state index contributed by atoms with van der Waals surface area (Å²) in [4.78, 5) is 0. The van der Waals surface area contributed by atoms with Crippen LogP contribution in [0.4, 0.5) is 0 Å². The molecule has 1 saturated heterocycles. The fourth-order valence-electron chi connectivity index (χ4n) is 3.65. The maximum Gasteiger partial charge on any atom is 0.126 e. The van der Waals surface area contributed by atoms with E-state index in [2.05, 4.69) is 56.6 Å². The minimum Gasteiger partial charge on any atom is -0.496 e. The van der Waals surface area contributed by atoms with Crippen LogP contribution in [0.3, 0.4) is 0 Å². The molecule has 1 aromatic rings. The zero-order chi connectivity index (χ0) is 15.9. The molecule has 0 aromatic heterocycles. The molecule has 0 aliphatic carbocycles. The van der Waals surface area contributed by atoms with E-state index in [-0.39, 0.29) is 18.2 Å². The van der Waals surface area contributed by atoms with Gasteiger partial charge in [0.15, 0.2) is 0 Å². The summed E-state index contributed by atoms with van der Waals surface area (Å²) in [5.74, 6) is 1.63. The number of ether oxygens (including phenoxy) is 2. The van der Waals surface area contributed by atoms with Gasteiger partial charge >= 0.3 is 0 Å². The van der Waals surface area contributed by atoms with Gasteiger partial charge in [0, 0.05) is 22.0 Å². The Morgan fingerprint density at radius 1 is 1.24 bits per heavy atom. The summed E-state index contributed by atoms with van der Waals surface area (Å²) < 4.78 is 12.7. The van der Waals surface area contributed by atoms with E-state index < -0.39 is 0 Å². The second kappa shape index (κ2) is 6.27. The van der Waals surface area contributed by atoms with E-state index in [9.17, 15) is 0 Å². The number of methoxy groups -OCH3 is 1. The van der Waals surface area contributed by atoms with Crippen LogP contribution < -0.4 is 10.5 Å². The first-order valence-electron chi connectivity index (χ1n) is 7.54. The third-order valence-corrected chi connectivity index (χ3v) is 5.80. The first kappa shape index (κ1) is 16.8. The Morgan fingerprint density at radius 3 is 2.33 bits per heavy atom. The Hall–Kier alpha value is -0.580. The zero-order valence-electron chi connectivity index (χ0n) is 13.7. The number of hydrogen-bond donors (Lipinski definition) is 1. The third-order valence-electron chi connectivity index (χ3n) is 4.98. The van der Waals surface area contributed by atoms with Crippen molar-refractivity contribution in [3.05, 3.63) is 27.2 Å². The Morgan fingerprint density at radius 2 is 1.86 bits per heavy atom. The van der Waals surface area contributed by atoms with Crippen molar-refractivity contribution < 1.29 is 9.47 Å². The molecule has 2 rings (SSSR count). The van der Waals surface area contributed by atoms with E-state index in [1.807, 2.05) is 0 Å². The fourth-order valence-corrected chi connectivity index (χ4v) is 4.21. The molecule has 0 amide bonds. The van der Waals surface area contributed by atoms with Crippen molar-refractivity contribution in [3.8, 4) is 5.75 Å². The number of nitrogens with two attached hydrogens (primary N) is 1. The van der Waals surface area contributed by atoms with Crippen molar-refractivity contribution in [1.82, 2.24) is 0 Å². The van der Waals surface area contributed by atoms with Crippen molar-refractivity contribution in [2.24, 2.45) is 17.6 Å². The zero-order valence-corrected chi connectivity index (χ0v) is 15.3. The molecule has 4 heteroatoms. The second-order valence-corrected chi connectivity index (χ2v) is 7.11. The summed E-state index contributed by atoms with van der Waals surface area (Å²) in [5, 5.41) is 0. The van der Waals surface area contributed by atoms with Gasteiger partial charge in [0.25, 0.3) is 0 Å². The average Bonchev–Trinajstić information content (AvgIpc) is 2.66. The molecule has 1 heterocycles. The SMILES string of the molecule is COc1c(C)cc(Br)c(C)c1C(N)C1C(C)OC(C)C1C. The molecule has 1 aliphatic rings. The number of halogens is 1. The molecule has 0 bridgehead atoms. The van der Waals surface area contributed by atoms with Gasteiger partial charge in [0.2, 0.25) is 0 Å². The lowest BCUT2D eigenvalue weighted by atomic mass is 9.79. The fraction of sp³-hybridized carbons (Fsp3) is 0.647. The highest BCUT2D eigenvalue weighted by molar-refractivity contribution is 9.10. The first-order valence-corrected chi connectivity index (χ1v) is 8.33. The molecular formula is C17H26BrNO2. The normalized spacial score (nSPS) is 30.5. The predicted octanol–water partition coefficient (Wildman–Crippen LogP) is 4.13. The van der Waals surface area contributed by atoms with Crippen LogP contribution >= 0.6 is 15.9 Å². The van der Waals surface area contributed by atoms with E-state index in [0.717, 1.165) is 26.9 Å². The molecule has 1 aromatic carbocycles. The second-order valence-electron chi connectivity index (χ2n) is 6.26. The molecule has 0 spiro atoms. The standard InChI is InChI=1S/C17H26BrNO2/c1-8-7-13(18)10(3)15(17(8)20-6)16(19)14-9(2)11(4)21-12(14)5/h7,9,11-12,14,16H,19H2,1-6H3. The average molecular weight is 356 g/mol. The smallest absolute Gasteiger partial charge is 0.126 e. The van der Waals surface area contributed by atoms with Crippen molar-refractivity contribution in [2.45, 2.75) is 52.9 Å². The van der Waals surface area contributed by atoms with Crippen LogP contribution in [0.15, 0.2) is 10.5 Å². The molecule has 1 aliphatic heterocycles. The van der Waals surface area contributed by atoms with E-state index in [4.69, 9.17) is 15.2 Å². The summed E-state index contributed by atoms with van der Waals surface area (Å²) in [6.45, 7) is 10.6.